The summed E-state index contributed by atoms with van der Waals surface area (Å²) in [7, 11) is 0. The molecule has 22 heavy (non-hydrogen) atoms. The molecule has 1 atom stereocenters. The van der Waals surface area contributed by atoms with Crippen molar-refractivity contribution in [2.45, 2.75) is 51.5 Å². The van der Waals surface area contributed by atoms with Crippen molar-refractivity contribution < 1.29 is 4.79 Å². The molecular formula is C17H26N4O. The van der Waals surface area contributed by atoms with Crippen molar-refractivity contribution >= 4 is 5.91 Å². The van der Waals surface area contributed by atoms with Crippen LogP contribution in [0.1, 0.15) is 54.7 Å². The summed E-state index contributed by atoms with van der Waals surface area (Å²) >= 11 is 0. The van der Waals surface area contributed by atoms with Gasteiger partial charge in [0.25, 0.3) is 5.91 Å². The fraction of sp³-hybridized carbons (Fsp3) is 0.706. The molecule has 1 saturated carbocycles. The molecule has 3 rings (SSSR count). The molecule has 1 aliphatic heterocycles. The Morgan fingerprint density at radius 2 is 1.95 bits per heavy atom. The van der Waals surface area contributed by atoms with Crippen LogP contribution in [0.3, 0.4) is 0 Å². The van der Waals surface area contributed by atoms with E-state index in [0.717, 1.165) is 19.1 Å². The zero-order chi connectivity index (χ0) is 15.4. The Hall–Kier alpha value is -1.49. The number of hydrogen-bond acceptors (Lipinski definition) is 4. The first-order chi connectivity index (χ1) is 10.7. The van der Waals surface area contributed by atoms with E-state index < -0.39 is 0 Å². The molecule has 5 heteroatoms. The van der Waals surface area contributed by atoms with Crippen LogP contribution in [-0.4, -0.2) is 46.5 Å². The standard InChI is InChI=1S/C17H26N4O/c1-13-18-10-15(11-19-13)17(22)20-9-14-7-8-21(12-14)16-5-3-2-4-6-16/h10-11,14,16H,2-9,12H2,1H3,(H,20,22)/t14-/m1/s1. The molecule has 0 bridgehead atoms. The van der Waals surface area contributed by atoms with E-state index in [2.05, 4.69) is 20.2 Å². The Morgan fingerprint density at radius 1 is 1.23 bits per heavy atom. The van der Waals surface area contributed by atoms with Gasteiger partial charge >= 0.3 is 0 Å². The van der Waals surface area contributed by atoms with Crippen LogP contribution in [0.5, 0.6) is 0 Å². The van der Waals surface area contributed by atoms with Crippen molar-refractivity contribution in [1.82, 2.24) is 20.2 Å². The van der Waals surface area contributed by atoms with Crippen LogP contribution in [0.15, 0.2) is 12.4 Å². The van der Waals surface area contributed by atoms with Gasteiger partial charge in [0.2, 0.25) is 0 Å². The molecule has 0 aromatic carbocycles. The molecular weight excluding hydrogens is 276 g/mol. The van der Waals surface area contributed by atoms with Crippen LogP contribution < -0.4 is 5.32 Å². The van der Waals surface area contributed by atoms with Gasteiger partial charge in [-0.3, -0.25) is 4.79 Å². The van der Waals surface area contributed by atoms with E-state index in [9.17, 15) is 4.79 Å². The van der Waals surface area contributed by atoms with E-state index in [-0.39, 0.29) is 5.91 Å². The van der Waals surface area contributed by atoms with Gasteiger partial charge in [-0.25, -0.2) is 9.97 Å². The van der Waals surface area contributed by atoms with E-state index in [4.69, 9.17) is 0 Å². The molecule has 120 valence electrons. The lowest BCUT2D eigenvalue weighted by Crippen LogP contribution is -2.36. The average Bonchev–Trinajstić information content (AvgIpc) is 3.03. The number of nitrogens with zero attached hydrogens (tertiary/aromatic N) is 3. The maximum Gasteiger partial charge on any atom is 0.254 e. The number of amides is 1. The van der Waals surface area contributed by atoms with Crippen LogP contribution in [0.2, 0.25) is 0 Å². The third-order valence-electron chi connectivity index (χ3n) is 5.00. The summed E-state index contributed by atoms with van der Waals surface area (Å²) in [6.07, 6.45) is 11.3. The Balaban J connectivity index is 1.44. The second kappa shape index (κ2) is 7.18. The highest BCUT2D eigenvalue weighted by Crippen LogP contribution is 2.27. The van der Waals surface area contributed by atoms with Crippen LogP contribution in [0.25, 0.3) is 0 Å². The summed E-state index contributed by atoms with van der Waals surface area (Å²) in [5.74, 6) is 1.21. The first-order valence-corrected chi connectivity index (χ1v) is 8.53. The number of hydrogen-bond donors (Lipinski definition) is 1. The van der Waals surface area contributed by atoms with Crippen LogP contribution in [0, 0.1) is 12.8 Å². The van der Waals surface area contributed by atoms with E-state index in [1.54, 1.807) is 12.4 Å². The van der Waals surface area contributed by atoms with Crippen LogP contribution >= 0.6 is 0 Å². The van der Waals surface area contributed by atoms with Gasteiger partial charge in [0.1, 0.15) is 5.82 Å². The van der Waals surface area contributed by atoms with Crippen molar-refractivity contribution in [3.05, 3.63) is 23.8 Å². The Labute approximate surface area is 132 Å². The minimum Gasteiger partial charge on any atom is -0.352 e. The molecule has 5 nitrogen and oxygen atoms in total. The summed E-state index contributed by atoms with van der Waals surface area (Å²) in [5.41, 5.74) is 0.549. The Kier molecular flexibility index (Phi) is 5.03. The molecule has 1 aliphatic carbocycles. The normalized spacial score (nSPS) is 23.6. The molecule has 1 aromatic heterocycles. The van der Waals surface area contributed by atoms with Gasteiger partial charge in [0, 0.05) is 31.5 Å². The first-order valence-electron chi connectivity index (χ1n) is 8.53. The molecule has 0 unspecified atom stereocenters. The highest BCUT2D eigenvalue weighted by Gasteiger charge is 2.29. The van der Waals surface area contributed by atoms with Gasteiger partial charge in [-0.2, -0.15) is 0 Å². The molecule has 1 saturated heterocycles. The number of likely N-dealkylation sites (tertiary alicyclic amines) is 1. The predicted octanol–water partition coefficient (Wildman–Crippen LogP) is 2.17. The fourth-order valence-corrected chi connectivity index (χ4v) is 3.66. The third kappa shape index (κ3) is 3.83. The summed E-state index contributed by atoms with van der Waals surface area (Å²) in [6.45, 7) is 4.91. The highest BCUT2D eigenvalue weighted by molar-refractivity contribution is 5.93. The molecule has 0 spiro atoms. The zero-order valence-corrected chi connectivity index (χ0v) is 13.4. The van der Waals surface area contributed by atoms with E-state index in [1.165, 1.54) is 45.1 Å². The number of rotatable bonds is 4. The van der Waals surface area contributed by atoms with Gasteiger partial charge in [-0.15, -0.1) is 0 Å². The van der Waals surface area contributed by atoms with Gasteiger partial charge in [0.05, 0.1) is 5.56 Å². The number of aryl methyl sites for hydroxylation is 1. The van der Waals surface area contributed by atoms with Crippen LogP contribution in [-0.2, 0) is 0 Å². The van der Waals surface area contributed by atoms with Crippen molar-refractivity contribution in [3.63, 3.8) is 0 Å². The van der Waals surface area contributed by atoms with E-state index in [0.29, 0.717) is 17.3 Å². The molecule has 2 fully saturated rings. The number of aromatic nitrogens is 2. The maximum absolute atomic E-state index is 12.1. The van der Waals surface area contributed by atoms with Gasteiger partial charge in [-0.1, -0.05) is 19.3 Å². The monoisotopic (exact) mass is 302 g/mol. The van der Waals surface area contributed by atoms with Gasteiger partial charge in [0.15, 0.2) is 0 Å². The van der Waals surface area contributed by atoms with Crippen LogP contribution in [0.4, 0.5) is 0 Å². The summed E-state index contributed by atoms with van der Waals surface area (Å²) in [6, 6.07) is 0.792. The minimum absolute atomic E-state index is 0.0592. The molecule has 1 N–H and O–H groups in total. The molecule has 0 radical (unpaired) electrons. The fourth-order valence-electron chi connectivity index (χ4n) is 3.66. The van der Waals surface area contributed by atoms with Crippen molar-refractivity contribution in [1.29, 1.82) is 0 Å². The lowest BCUT2D eigenvalue weighted by atomic mass is 9.94. The molecule has 2 aliphatic rings. The lowest BCUT2D eigenvalue weighted by Gasteiger charge is -2.31. The smallest absolute Gasteiger partial charge is 0.254 e. The molecule has 1 aromatic rings. The molecule has 2 heterocycles. The summed E-state index contributed by atoms with van der Waals surface area (Å²) < 4.78 is 0. The summed E-state index contributed by atoms with van der Waals surface area (Å²) in [4.78, 5) is 22.9. The molecule has 1 amide bonds. The topological polar surface area (TPSA) is 58.1 Å². The second-order valence-electron chi connectivity index (χ2n) is 6.67. The first kappa shape index (κ1) is 15.4. The lowest BCUT2D eigenvalue weighted by molar-refractivity contribution is 0.0945. The van der Waals surface area contributed by atoms with Crippen molar-refractivity contribution in [2.75, 3.05) is 19.6 Å². The SMILES string of the molecule is Cc1ncc(C(=O)NC[C@H]2CCN(C3CCCCC3)C2)cn1. The van der Waals surface area contributed by atoms with Gasteiger partial charge in [-0.05, 0) is 38.6 Å². The average molecular weight is 302 g/mol. The number of nitrogens with one attached hydrogen (secondary N) is 1. The van der Waals surface area contributed by atoms with Gasteiger partial charge < -0.3 is 10.2 Å². The number of carbonyl (C=O) groups excluding carboxylic acids is 1. The van der Waals surface area contributed by atoms with E-state index >= 15 is 0 Å². The highest BCUT2D eigenvalue weighted by atomic mass is 16.1. The Bertz CT molecular complexity index is 496. The summed E-state index contributed by atoms with van der Waals surface area (Å²) in [5, 5.41) is 3.04. The third-order valence-corrected chi connectivity index (χ3v) is 5.00. The zero-order valence-electron chi connectivity index (χ0n) is 13.4. The van der Waals surface area contributed by atoms with Crippen molar-refractivity contribution in [2.24, 2.45) is 5.92 Å². The van der Waals surface area contributed by atoms with E-state index in [1.807, 2.05) is 6.92 Å². The number of carbonyl (C=O) groups is 1. The second-order valence-corrected chi connectivity index (χ2v) is 6.67. The van der Waals surface area contributed by atoms with Crippen molar-refractivity contribution in [3.8, 4) is 0 Å². The maximum atomic E-state index is 12.1. The predicted molar refractivity (Wildman–Crippen MR) is 85.7 cm³/mol. The largest absolute Gasteiger partial charge is 0.352 e. The Morgan fingerprint density at radius 3 is 2.68 bits per heavy atom. The quantitative estimate of drug-likeness (QED) is 0.926. The minimum atomic E-state index is -0.0592.